The summed E-state index contributed by atoms with van der Waals surface area (Å²) in [6.45, 7) is 0.520. The van der Waals surface area contributed by atoms with Crippen molar-refractivity contribution in [1.29, 1.82) is 0 Å². The van der Waals surface area contributed by atoms with E-state index in [1.54, 1.807) is 12.1 Å². The Morgan fingerprint density at radius 2 is 2.35 bits per heavy atom. The first-order chi connectivity index (χ1) is 8.09. The van der Waals surface area contributed by atoms with Crippen LogP contribution in [0.3, 0.4) is 0 Å². The average Bonchev–Trinajstić information content (AvgIpc) is 2.98. The Balaban J connectivity index is 2.12. The molecule has 1 atom stereocenters. The lowest BCUT2D eigenvalue weighted by molar-refractivity contribution is -0.160. The maximum atomic E-state index is 12.0. The van der Waals surface area contributed by atoms with Gasteiger partial charge in [-0.15, -0.1) is 11.3 Å². The number of carboxylic acids is 1. The van der Waals surface area contributed by atoms with E-state index in [4.69, 9.17) is 9.84 Å². The number of methoxy groups -OCH3 is 1. The molecule has 92 valence electrons. The number of likely N-dealkylation sites (tertiary alicyclic amines) is 1. The van der Waals surface area contributed by atoms with E-state index in [1.807, 2.05) is 5.38 Å². The van der Waals surface area contributed by atoms with Gasteiger partial charge in [0, 0.05) is 20.1 Å². The van der Waals surface area contributed by atoms with Crippen LogP contribution in [0, 0.1) is 0 Å². The van der Waals surface area contributed by atoms with E-state index in [2.05, 4.69) is 0 Å². The van der Waals surface area contributed by atoms with Crippen molar-refractivity contribution in [3.63, 3.8) is 0 Å². The second-order valence-corrected chi connectivity index (χ2v) is 4.91. The van der Waals surface area contributed by atoms with Crippen LogP contribution in [0.4, 0.5) is 0 Å². The number of ether oxygens (including phenoxy) is 1. The number of aliphatic carboxylic acids is 1. The van der Waals surface area contributed by atoms with Gasteiger partial charge in [0.15, 0.2) is 5.60 Å². The molecule has 1 aliphatic rings. The number of nitrogens with zero attached hydrogens (tertiary/aromatic N) is 1. The molecule has 0 spiro atoms. The molecule has 1 fully saturated rings. The maximum Gasteiger partial charge on any atom is 0.337 e. The Labute approximate surface area is 103 Å². The van der Waals surface area contributed by atoms with Crippen LogP contribution in [0.25, 0.3) is 0 Å². The summed E-state index contributed by atoms with van der Waals surface area (Å²) >= 11 is 1.35. The largest absolute Gasteiger partial charge is 0.479 e. The molecule has 0 aromatic carbocycles. The second-order valence-electron chi connectivity index (χ2n) is 3.96. The maximum absolute atomic E-state index is 12.0. The lowest BCUT2D eigenvalue weighted by atomic mass is 10.0. The van der Waals surface area contributed by atoms with Gasteiger partial charge in [0.25, 0.3) is 5.91 Å². The van der Waals surface area contributed by atoms with E-state index < -0.39 is 11.6 Å². The number of hydrogen-bond acceptors (Lipinski definition) is 4. The van der Waals surface area contributed by atoms with Gasteiger partial charge in [-0.25, -0.2) is 4.79 Å². The Morgan fingerprint density at radius 1 is 1.59 bits per heavy atom. The molecule has 1 aliphatic heterocycles. The highest BCUT2D eigenvalue weighted by atomic mass is 32.1. The number of carboxylic acid groups (broad SMARTS) is 1. The third-order valence-electron chi connectivity index (χ3n) is 3.03. The van der Waals surface area contributed by atoms with Gasteiger partial charge in [-0.3, -0.25) is 4.79 Å². The van der Waals surface area contributed by atoms with Gasteiger partial charge in [-0.2, -0.15) is 0 Å². The van der Waals surface area contributed by atoms with E-state index in [0.717, 1.165) is 0 Å². The minimum Gasteiger partial charge on any atom is -0.479 e. The number of amides is 1. The van der Waals surface area contributed by atoms with Gasteiger partial charge in [0.2, 0.25) is 0 Å². The molecule has 2 rings (SSSR count). The highest BCUT2D eigenvalue weighted by Gasteiger charge is 2.46. The quantitative estimate of drug-likeness (QED) is 0.877. The van der Waals surface area contributed by atoms with E-state index in [0.29, 0.717) is 17.8 Å². The van der Waals surface area contributed by atoms with Crippen molar-refractivity contribution in [2.24, 2.45) is 0 Å². The average molecular weight is 255 g/mol. The van der Waals surface area contributed by atoms with Crippen LogP contribution in [-0.4, -0.2) is 47.7 Å². The minimum atomic E-state index is -1.24. The van der Waals surface area contributed by atoms with Gasteiger partial charge in [0.1, 0.15) is 0 Å². The number of hydrogen-bond donors (Lipinski definition) is 1. The fraction of sp³-hybridized carbons (Fsp3) is 0.455. The SMILES string of the molecule is COC1(C(=O)O)CCN(C(=O)c2cccs2)C1. The van der Waals surface area contributed by atoms with E-state index >= 15 is 0 Å². The fourth-order valence-electron chi connectivity index (χ4n) is 1.94. The van der Waals surface area contributed by atoms with Gasteiger partial charge >= 0.3 is 5.97 Å². The first-order valence-corrected chi connectivity index (χ1v) is 6.08. The Hall–Kier alpha value is -1.40. The van der Waals surface area contributed by atoms with Crippen molar-refractivity contribution >= 4 is 23.2 Å². The molecule has 17 heavy (non-hydrogen) atoms. The van der Waals surface area contributed by atoms with Crippen LogP contribution in [0.2, 0.25) is 0 Å². The summed E-state index contributed by atoms with van der Waals surface area (Å²) in [5.74, 6) is -1.14. The molecule has 1 unspecified atom stereocenters. The molecule has 5 nitrogen and oxygen atoms in total. The van der Waals surface area contributed by atoms with Gasteiger partial charge in [0.05, 0.1) is 11.4 Å². The molecular formula is C11H13NO4S. The summed E-state index contributed by atoms with van der Waals surface area (Å²) in [5.41, 5.74) is -1.24. The van der Waals surface area contributed by atoms with Gasteiger partial charge < -0.3 is 14.7 Å². The number of rotatable bonds is 3. The number of carbonyl (C=O) groups excluding carboxylic acids is 1. The molecule has 0 aliphatic carbocycles. The van der Waals surface area contributed by atoms with Crippen molar-refractivity contribution in [1.82, 2.24) is 4.90 Å². The molecule has 1 aromatic rings. The van der Waals surface area contributed by atoms with Crippen LogP contribution in [-0.2, 0) is 9.53 Å². The van der Waals surface area contributed by atoms with Crippen molar-refractivity contribution in [2.75, 3.05) is 20.2 Å². The molecule has 1 aromatic heterocycles. The smallest absolute Gasteiger partial charge is 0.337 e. The molecule has 1 saturated heterocycles. The predicted molar refractivity (Wildman–Crippen MR) is 62.2 cm³/mol. The highest BCUT2D eigenvalue weighted by Crippen LogP contribution is 2.27. The van der Waals surface area contributed by atoms with Crippen molar-refractivity contribution in [2.45, 2.75) is 12.0 Å². The third-order valence-corrected chi connectivity index (χ3v) is 3.89. The van der Waals surface area contributed by atoms with Crippen LogP contribution < -0.4 is 0 Å². The number of carbonyl (C=O) groups is 2. The molecule has 0 radical (unpaired) electrons. The lowest BCUT2D eigenvalue weighted by Crippen LogP contribution is -2.44. The van der Waals surface area contributed by atoms with E-state index in [-0.39, 0.29) is 12.5 Å². The van der Waals surface area contributed by atoms with Crippen molar-refractivity contribution in [3.05, 3.63) is 22.4 Å². The molecule has 1 N–H and O–H groups in total. The first-order valence-electron chi connectivity index (χ1n) is 5.20. The van der Waals surface area contributed by atoms with Crippen molar-refractivity contribution < 1.29 is 19.4 Å². The molecular weight excluding hydrogens is 242 g/mol. The minimum absolute atomic E-state index is 0.107. The molecule has 2 heterocycles. The van der Waals surface area contributed by atoms with Gasteiger partial charge in [-0.1, -0.05) is 6.07 Å². The van der Waals surface area contributed by atoms with Crippen LogP contribution in [0.15, 0.2) is 17.5 Å². The van der Waals surface area contributed by atoms with Crippen molar-refractivity contribution in [3.8, 4) is 0 Å². The zero-order chi connectivity index (χ0) is 12.5. The third kappa shape index (κ3) is 2.05. The molecule has 1 amide bonds. The van der Waals surface area contributed by atoms with Crippen LogP contribution in [0.1, 0.15) is 16.1 Å². The number of thiophene rings is 1. The Bertz CT molecular complexity index is 431. The summed E-state index contributed by atoms with van der Waals surface area (Å²) in [5, 5.41) is 11.0. The lowest BCUT2D eigenvalue weighted by Gasteiger charge is -2.22. The topological polar surface area (TPSA) is 66.8 Å². The Morgan fingerprint density at radius 3 is 2.82 bits per heavy atom. The highest BCUT2D eigenvalue weighted by molar-refractivity contribution is 7.12. The monoisotopic (exact) mass is 255 g/mol. The fourth-order valence-corrected chi connectivity index (χ4v) is 2.63. The Kier molecular flexibility index (Phi) is 3.17. The second kappa shape index (κ2) is 4.46. The first kappa shape index (κ1) is 12.1. The standard InChI is InChI=1S/C11H13NO4S/c1-16-11(10(14)15)4-5-12(7-11)9(13)8-3-2-6-17-8/h2-3,6H,4-5,7H2,1H3,(H,14,15). The normalized spacial score (nSPS) is 23.9. The van der Waals surface area contributed by atoms with Gasteiger partial charge in [-0.05, 0) is 11.4 Å². The molecule has 6 heteroatoms. The van der Waals surface area contributed by atoms with Crippen LogP contribution >= 0.6 is 11.3 Å². The summed E-state index contributed by atoms with van der Waals surface area (Å²) < 4.78 is 5.07. The summed E-state index contributed by atoms with van der Waals surface area (Å²) in [6, 6.07) is 3.54. The van der Waals surface area contributed by atoms with E-state index in [9.17, 15) is 9.59 Å². The zero-order valence-corrected chi connectivity index (χ0v) is 10.2. The summed E-state index contributed by atoms with van der Waals surface area (Å²) in [6.07, 6.45) is 0.329. The summed E-state index contributed by atoms with van der Waals surface area (Å²) in [7, 11) is 1.37. The molecule has 0 bridgehead atoms. The molecule has 0 saturated carbocycles. The summed E-state index contributed by atoms with van der Waals surface area (Å²) in [4.78, 5) is 25.3. The van der Waals surface area contributed by atoms with Crippen LogP contribution in [0.5, 0.6) is 0 Å². The predicted octanol–water partition coefficient (Wildman–Crippen LogP) is 1.06. The zero-order valence-electron chi connectivity index (χ0n) is 9.38. The van der Waals surface area contributed by atoms with E-state index in [1.165, 1.54) is 23.3 Å².